The van der Waals surface area contributed by atoms with Crippen LogP contribution in [0.2, 0.25) is 0 Å². The number of rotatable bonds is 43. The second-order valence-corrected chi connectivity index (χ2v) is 16.4. The van der Waals surface area contributed by atoms with E-state index in [-0.39, 0.29) is 0 Å². The van der Waals surface area contributed by atoms with Crippen LogP contribution in [0.4, 0.5) is 0 Å². The molecule has 4 unspecified atom stereocenters. The summed E-state index contributed by atoms with van der Waals surface area (Å²) in [7, 11) is 0. The predicted molar refractivity (Wildman–Crippen MR) is 233 cm³/mol. The van der Waals surface area contributed by atoms with Gasteiger partial charge in [-0.15, -0.1) is 0 Å². The number of unbranched alkanes of at least 4 members (excludes halogenated alkanes) is 30. The molecule has 0 radical (unpaired) electrons. The summed E-state index contributed by atoms with van der Waals surface area (Å²) >= 11 is 0. The van der Waals surface area contributed by atoms with Crippen molar-refractivity contribution < 1.29 is 25.2 Å². The Hall–Kier alpha value is -1.21. The normalized spacial score (nSPS) is 14.3. The molecular formula is C48H93NO5. The van der Waals surface area contributed by atoms with E-state index in [4.69, 9.17) is 0 Å². The third-order valence-electron chi connectivity index (χ3n) is 11.1. The molecule has 0 aliphatic carbocycles. The summed E-state index contributed by atoms with van der Waals surface area (Å²) in [5, 5.41) is 43.7. The van der Waals surface area contributed by atoms with Crippen LogP contribution < -0.4 is 5.32 Å². The smallest absolute Gasteiger partial charge is 0.249 e. The molecule has 0 rings (SSSR count). The fourth-order valence-electron chi connectivity index (χ4n) is 7.34. The summed E-state index contributed by atoms with van der Waals surface area (Å²) < 4.78 is 0. The van der Waals surface area contributed by atoms with Gasteiger partial charge in [-0.25, -0.2) is 0 Å². The molecule has 320 valence electrons. The maximum atomic E-state index is 12.5. The molecule has 0 spiro atoms. The minimum atomic E-state index is -1.28. The van der Waals surface area contributed by atoms with Crippen LogP contribution >= 0.6 is 0 Å². The number of hydrogen-bond donors (Lipinski definition) is 5. The van der Waals surface area contributed by atoms with Gasteiger partial charge in [0.1, 0.15) is 12.2 Å². The van der Waals surface area contributed by atoms with Crippen molar-refractivity contribution in [1.29, 1.82) is 0 Å². The molecule has 1 amide bonds. The van der Waals surface area contributed by atoms with Gasteiger partial charge in [-0.1, -0.05) is 205 Å². The standard InChI is InChI=1S/C48H93NO5/c1-3-5-7-9-11-13-15-17-19-21-22-23-24-25-26-28-30-32-34-36-38-40-42-46(52)48(54)49-44(43-50)47(53)45(51)41-39-37-35-33-31-29-27-20-18-16-14-12-10-8-6-4-2/h25-26,33,35,44-47,50-53H,3-24,27-32,34,36-43H2,1-2H3,(H,49,54)/b26-25-,35-33+. The Kier molecular flexibility index (Phi) is 42.0. The average Bonchev–Trinajstić information content (AvgIpc) is 3.18. The molecule has 4 atom stereocenters. The molecule has 6 heteroatoms. The summed E-state index contributed by atoms with van der Waals surface area (Å²) in [5.74, 6) is -0.596. The minimum absolute atomic E-state index is 0.357. The molecule has 54 heavy (non-hydrogen) atoms. The van der Waals surface area contributed by atoms with Gasteiger partial charge in [-0.2, -0.15) is 0 Å². The van der Waals surface area contributed by atoms with Crippen molar-refractivity contribution in [3.63, 3.8) is 0 Å². The highest BCUT2D eigenvalue weighted by molar-refractivity contribution is 5.80. The maximum Gasteiger partial charge on any atom is 0.249 e. The van der Waals surface area contributed by atoms with Gasteiger partial charge in [-0.05, 0) is 64.2 Å². The Bertz CT molecular complexity index is 817. The highest BCUT2D eigenvalue weighted by atomic mass is 16.3. The van der Waals surface area contributed by atoms with E-state index in [2.05, 4.69) is 43.5 Å². The van der Waals surface area contributed by atoms with Crippen molar-refractivity contribution in [3.05, 3.63) is 24.3 Å². The van der Waals surface area contributed by atoms with Crippen molar-refractivity contribution in [1.82, 2.24) is 5.32 Å². The van der Waals surface area contributed by atoms with Crippen molar-refractivity contribution in [2.24, 2.45) is 0 Å². The Labute approximate surface area is 335 Å². The fraction of sp³-hybridized carbons (Fsp3) is 0.896. The Balaban J connectivity index is 3.73. The zero-order valence-electron chi connectivity index (χ0n) is 36.0. The Morgan fingerprint density at radius 3 is 1.11 bits per heavy atom. The summed E-state index contributed by atoms with van der Waals surface area (Å²) in [6, 6.07) is -1.00. The van der Waals surface area contributed by atoms with E-state index in [0.717, 1.165) is 44.9 Å². The van der Waals surface area contributed by atoms with Crippen molar-refractivity contribution >= 4 is 5.91 Å². The van der Waals surface area contributed by atoms with Gasteiger partial charge in [-0.3, -0.25) is 4.79 Å². The second-order valence-electron chi connectivity index (χ2n) is 16.4. The number of hydrogen-bond acceptors (Lipinski definition) is 5. The molecule has 6 nitrogen and oxygen atoms in total. The topological polar surface area (TPSA) is 110 Å². The molecule has 0 aliphatic heterocycles. The first kappa shape index (κ1) is 52.8. The summed E-state index contributed by atoms with van der Waals surface area (Å²) in [6.07, 6.45) is 49.3. The molecule has 0 saturated carbocycles. The van der Waals surface area contributed by atoms with E-state index < -0.39 is 36.9 Å². The number of aliphatic hydroxyl groups excluding tert-OH is 4. The summed E-state index contributed by atoms with van der Waals surface area (Å²) in [6.45, 7) is 4.05. The number of amides is 1. The lowest BCUT2D eigenvalue weighted by molar-refractivity contribution is -0.132. The Morgan fingerprint density at radius 1 is 0.444 bits per heavy atom. The van der Waals surface area contributed by atoms with Crippen molar-refractivity contribution in [2.75, 3.05) is 6.61 Å². The average molecular weight is 764 g/mol. The van der Waals surface area contributed by atoms with Crippen LogP contribution in [0.25, 0.3) is 0 Å². The molecular weight excluding hydrogens is 671 g/mol. The van der Waals surface area contributed by atoms with Gasteiger partial charge >= 0.3 is 0 Å². The van der Waals surface area contributed by atoms with Crippen LogP contribution in [0.1, 0.15) is 245 Å². The highest BCUT2D eigenvalue weighted by Gasteiger charge is 2.28. The molecule has 0 saturated heterocycles. The van der Waals surface area contributed by atoms with E-state index in [9.17, 15) is 25.2 Å². The molecule has 0 heterocycles. The lowest BCUT2D eigenvalue weighted by Crippen LogP contribution is -2.53. The first-order chi connectivity index (χ1) is 26.5. The van der Waals surface area contributed by atoms with Gasteiger partial charge in [0.25, 0.3) is 0 Å². The van der Waals surface area contributed by atoms with E-state index in [1.165, 1.54) is 173 Å². The van der Waals surface area contributed by atoms with Gasteiger partial charge in [0, 0.05) is 0 Å². The van der Waals surface area contributed by atoms with Crippen molar-refractivity contribution in [3.8, 4) is 0 Å². The molecule has 0 aromatic rings. The van der Waals surface area contributed by atoms with Crippen LogP contribution in [0.15, 0.2) is 24.3 Å². The predicted octanol–water partition coefficient (Wildman–Crippen LogP) is 12.7. The van der Waals surface area contributed by atoms with Gasteiger partial charge in [0.05, 0.1) is 18.8 Å². The lowest BCUT2D eigenvalue weighted by Gasteiger charge is -2.27. The van der Waals surface area contributed by atoms with E-state index in [0.29, 0.717) is 12.8 Å². The summed E-state index contributed by atoms with van der Waals surface area (Å²) in [5.41, 5.74) is 0. The number of carbonyl (C=O) groups is 1. The largest absolute Gasteiger partial charge is 0.394 e. The number of allylic oxidation sites excluding steroid dienone is 4. The third kappa shape index (κ3) is 36.4. The SMILES string of the molecule is CCCCCCCCCCCCC/C=C/CCCC(O)C(O)C(CO)NC(=O)C(O)CCCCCCCC/C=C\CCCCCCCCCCCCCC. The Morgan fingerprint density at radius 2 is 0.759 bits per heavy atom. The second kappa shape index (κ2) is 42.9. The zero-order valence-corrected chi connectivity index (χ0v) is 36.0. The molecule has 5 N–H and O–H groups in total. The lowest BCUT2D eigenvalue weighted by atomic mass is 10.00. The first-order valence-corrected chi connectivity index (χ1v) is 23.7. The maximum absolute atomic E-state index is 12.5. The van der Waals surface area contributed by atoms with Gasteiger partial charge in [0.2, 0.25) is 5.91 Å². The monoisotopic (exact) mass is 764 g/mol. The van der Waals surface area contributed by atoms with Crippen LogP contribution in [0.5, 0.6) is 0 Å². The van der Waals surface area contributed by atoms with Crippen molar-refractivity contribution in [2.45, 2.75) is 269 Å². The zero-order chi connectivity index (χ0) is 39.6. The van der Waals surface area contributed by atoms with Crippen LogP contribution in [-0.4, -0.2) is 57.3 Å². The third-order valence-corrected chi connectivity index (χ3v) is 11.1. The molecule has 0 aromatic heterocycles. The van der Waals surface area contributed by atoms with E-state index >= 15 is 0 Å². The van der Waals surface area contributed by atoms with Gasteiger partial charge in [0.15, 0.2) is 0 Å². The first-order valence-electron chi connectivity index (χ1n) is 23.7. The molecule has 0 aliphatic rings. The quantitative estimate of drug-likeness (QED) is 0.0314. The number of aliphatic hydroxyl groups is 4. The molecule has 0 aromatic carbocycles. The van der Waals surface area contributed by atoms with Crippen LogP contribution in [-0.2, 0) is 4.79 Å². The number of carbonyl (C=O) groups excluding carboxylic acids is 1. The fourth-order valence-corrected chi connectivity index (χ4v) is 7.34. The van der Waals surface area contributed by atoms with Crippen LogP contribution in [0, 0.1) is 0 Å². The summed E-state index contributed by atoms with van der Waals surface area (Å²) in [4.78, 5) is 12.5. The molecule has 0 bridgehead atoms. The van der Waals surface area contributed by atoms with Gasteiger partial charge < -0.3 is 25.7 Å². The van der Waals surface area contributed by atoms with Crippen LogP contribution in [0.3, 0.4) is 0 Å². The van der Waals surface area contributed by atoms with E-state index in [1.54, 1.807) is 0 Å². The molecule has 0 fully saturated rings. The minimum Gasteiger partial charge on any atom is -0.394 e. The van der Waals surface area contributed by atoms with E-state index in [1.807, 2.05) is 0 Å². The highest BCUT2D eigenvalue weighted by Crippen LogP contribution is 2.16. The number of nitrogens with one attached hydrogen (secondary N) is 1.